The number of hydrogen-bond donors (Lipinski definition) is 1. The van der Waals surface area contributed by atoms with Crippen LogP contribution in [0.15, 0.2) is 42.5 Å². The third-order valence-corrected chi connectivity index (χ3v) is 3.73. The summed E-state index contributed by atoms with van der Waals surface area (Å²) in [5.41, 5.74) is 0.459. The number of nitrogens with one attached hydrogen (secondary N) is 1. The van der Waals surface area contributed by atoms with Gasteiger partial charge in [0.05, 0.1) is 5.56 Å². The lowest BCUT2D eigenvalue weighted by molar-refractivity contribution is -0.145. The van der Waals surface area contributed by atoms with Crippen LogP contribution in [0.25, 0.3) is 0 Å². The molecule has 2 aromatic carbocycles. The average molecular weight is 368 g/mol. The van der Waals surface area contributed by atoms with Crippen LogP contribution in [0.3, 0.4) is 0 Å². The number of rotatable bonds is 7. The number of hydrogen-bond acceptors (Lipinski definition) is 3. The van der Waals surface area contributed by atoms with Gasteiger partial charge >= 0.3 is 5.97 Å². The molecule has 0 heterocycles. The lowest BCUT2D eigenvalue weighted by Crippen LogP contribution is -2.26. The second-order valence-electron chi connectivity index (χ2n) is 5.24. The molecule has 2 rings (SSSR count). The van der Waals surface area contributed by atoms with E-state index in [1.807, 2.05) is 0 Å². The molecule has 0 radical (unpaired) electrons. The molecule has 0 spiro atoms. The lowest BCUT2D eigenvalue weighted by atomic mass is 10.2. The molecule has 0 saturated carbocycles. The number of carbonyl (C=O) groups excluding carboxylic acids is 2. The van der Waals surface area contributed by atoms with Crippen LogP contribution in [0.4, 0.5) is 8.78 Å². The lowest BCUT2D eigenvalue weighted by Gasteiger charge is -2.08. The molecule has 0 fully saturated rings. The van der Waals surface area contributed by atoms with E-state index in [9.17, 15) is 18.4 Å². The van der Waals surface area contributed by atoms with Crippen LogP contribution in [-0.4, -0.2) is 18.4 Å². The van der Waals surface area contributed by atoms with E-state index < -0.39 is 23.5 Å². The highest BCUT2D eigenvalue weighted by Crippen LogP contribution is 2.16. The van der Waals surface area contributed by atoms with E-state index in [2.05, 4.69) is 5.32 Å². The molecular weight excluding hydrogens is 352 g/mol. The summed E-state index contributed by atoms with van der Waals surface area (Å²) in [7, 11) is 0. The van der Waals surface area contributed by atoms with Crippen LogP contribution >= 0.6 is 11.6 Å². The van der Waals surface area contributed by atoms with Crippen molar-refractivity contribution in [3.8, 4) is 0 Å². The Morgan fingerprint density at radius 1 is 1.12 bits per heavy atom. The van der Waals surface area contributed by atoms with E-state index in [4.69, 9.17) is 16.3 Å². The molecule has 25 heavy (non-hydrogen) atoms. The molecule has 0 bridgehead atoms. The topological polar surface area (TPSA) is 55.4 Å². The summed E-state index contributed by atoms with van der Waals surface area (Å²) in [6.45, 7) is 0.239. The van der Waals surface area contributed by atoms with Crippen LogP contribution in [-0.2, 0) is 16.1 Å². The first-order chi connectivity index (χ1) is 12.0. The summed E-state index contributed by atoms with van der Waals surface area (Å²) < 4.78 is 31.3. The Labute approximate surface area is 148 Å². The maximum atomic E-state index is 13.4. The number of halogens is 3. The number of esters is 1. The molecule has 7 heteroatoms. The smallest absolute Gasteiger partial charge is 0.306 e. The molecule has 0 aromatic heterocycles. The fraction of sp³-hybridized carbons (Fsp3) is 0.222. The van der Waals surface area contributed by atoms with E-state index in [1.54, 1.807) is 24.3 Å². The van der Waals surface area contributed by atoms with Crippen molar-refractivity contribution in [1.29, 1.82) is 0 Å². The van der Waals surface area contributed by atoms with E-state index >= 15 is 0 Å². The van der Waals surface area contributed by atoms with Gasteiger partial charge in [-0.15, -0.1) is 0 Å². The molecule has 0 aliphatic heterocycles. The van der Waals surface area contributed by atoms with Gasteiger partial charge < -0.3 is 10.1 Å². The van der Waals surface area contributed by atoms with Gasteiger partial charge in [-0.05, 0) is 24.6 Å². The Kier molecular flexibility index (Phi) is 6.89. The van der Waals surface area contributed by atoms with E-state index in [0.717, 1.165) is 12.1 Å². The Balaban J connectivity index is 1.69. The van der Waals surface area contributed by atoms with Gasteiger partial charge in [-0.3, -0.25) is 9.59 Å². The first-order valence-electron chi connectivity index (χ1n) is 7.59. The van der Waals surface area contributed by atoms with Crippen molar-refractivity contribution in [2.24, 2.45) is 0 Å². The molecule has 0 aliphatic carbocycles. The Hall–Kier alpha value is -2.47. The van der Waals surface area contributed by atoms with Gasteiger partial charge in [-0.25, -0.2) is 8.78 Å². The maximum absolute atomic E-state index is 13.4. The molecule has 0 atom stereocenters. The predicted molar refractivity (Wildman–Crippen MR) is 89.2 cm³/mol. The zero-order valence-corrected chi connectivity index (χ0v) is 14.0. The molecule has 2 aromatic rings. The molecule has 4 nitrogen and oxygen atoms in total. The van der Waals surface area contributed by atoms with Gasteiger partial charge in [0.15, 0.2) is 0 Å². The van der Waals surface area contributed by atoms with Crippen molar-refractivity contribution in [3.05, 3.63) is 70.2 Å². The zero-order valence-electron chi connectivity index (χ0n) is 13.2. The van der Waals surface area contributed by atoms with Crippen molar-refractivity contribution >= 4 is 23.5 Å². The number of ether oxygens (including phenoxy) is 1. The first kappa shape index (κ1) is 18.9. The molecule has 0 aliphatic rings. The van der Waals surface area contributed by atoms with Gasteiger partial charge in [-0.2, -0.15) is 0 Å². The van der Waals surface area contributed by atoms with Crippen molar-refractivity contribution in [2.75, 3.05) is 6.54 Å². The Morgan fingerprint density at radius 3 is 2.60 bits per heavy atom. The monoisotopic (exact) mass is 367 g/mol. The molecule has 0 unspecified atom stereocenters. The van der Waals surface area contributed by atoms with Crippen LogP contribution in [0.2, 0.25) is 5.02 Å². The molecule has 0 saturated heterocycles. The summed E-state index contributed by atoms with van der Waals surface area (Å²) in [5, 5.41) is 2.98. The number of carbonyl (C=O) groups is 2. The summed E-state index contributed by atoms with van der Waals surface area (Å²) in [6, 6.07) is 9.74. The van der Waals surface area contributed by atoms with Crippen LogP contribution in [0.5, 0.6) is 0 Å². The number of benzene rings is 2. The van der Waals surface area contributed by atoms with E-state index in [0.29, 0.717) is 23.1 Å². The van der Waals surface area contributed by atoms with Crippen molar-refractivity contribution in [1.82, 2.24) is 5.32 Å². The average Bonchev–Trinajstić information content (AvgIpc) is 2.58. The van der Waals surface area contributed by atoms with Crippen LogP contribution in [0.1, 0.15) is 28.8 Å². The second kappa shape index (κ2) is 9.13. The normalized spacial score (nSPS) is 10.4. The van der Waals surface area contributed by atoms with Crippen molar-refractivity contribution < 1.29 is 23.1 Å². The van der Waals surface area contributed by atoms with Gasteiger partial charge in [-0.1, -0.05) is 29.8 Å². The van der Waals surface area contributed by atoms with Gasteiger partial charge in [0, 0.05) is 29.6 Å². The van der Waals surface area contributed by atoms with Crippen molar-refractivity contribution in [3.63, 3.8) is 0 Å². The van der Waals surface area contributed by atoms with E-state index in [1.165, 1.54) is 0 Å². The largest absolute Gasteiger partial charge is 0.461 e. The van der Waals surface area contributed by atoms with Crippen molar-refractivity contribution in [2.45, 2.75) is 19.4 Å². The highest BCUT2D eigenvalue weighted by Gasteiger charge is 2.12. The first-order valence-corrected chi connectivity index (χ1v) is 7.97. The van der Waals surface area contributed by atoms with Crippen LogP contribution < -0.4 is 5.32 Å². The molecule has 132 valence electrons. The standard InChI is InChI=1S/C18H16ClF2NO3/c19-15-5-2-1-4-12(15)11-25-17(23)6-3-9-22-18(24)14-8-7-13(20)10-16(14)21/h1-2,4-5,7-8,10H,3,6,9,11H2,(H,22,24). The predicted octanol–water partition coefficient (Wildman–Crippen LogP) is 3.87. The minimum atomic E-state index is -0.934. The molecule has 1 amide bonds. The van der Waals surface area contributed by atoms with Gasteiger partial charge in [0.1, 0.15) is 18.2 Å². The summed E-state index contributed by atoms with van der Waals surface area (Å²) in [4.78, 5) is 23.4. The zero-order chi connectivity index (χ0) is 18.2. The molecular formula is C18H16ClF2NO3. The fourth-order valence-electron chi connectivity index (χ4n) is 2.05. The number of amides is 1. The summed E-state index contributed by atoms with van der Waals surface area (Å²) in [6.07, 6.45) is 0.423. The maximum Gasteiger partial charge on any atom is 0.306 e. The Morgan fingerprint density at radius 2 is 1.88 bits per heavy atom. The SMILES string of the molecule is O=C(CCCNC(=O)c1ccc(F)cc1F)OCc1ccccc1Cl. The van der Waals surface area contributed by atoms with Crippen LogP contribution in [0, 0.1) is 11.6 Å². The summed E-state index contributed by atoms with van der Waals surface area (Å²) in [5.74, 6) is -2.78. The molecule has 1 N–H and O–H groups in total. The second-order valence-corrected chi connectivity index (χ2v) is 5.64. The third kappa shape index (κ3) is 5.83. The minimum Gasteiger partial charge on any atom is -0.461 e. The van der Waals surface area contributed by atoms with E-state index in [-0.39, 0.29) is 25.1 Å². The minimum absolute atomic E-state index is 0.0751. The Bertz CT molecular complexity index is 768. The highest BCUT2D eigenvalue weighted by atomic mass is 35.5. The highest BCUT2D eigenvalue weighted by molar-refractivity contribution is 6.31. The summed E-state index contributed by atoms with van der Waals surface area (Å²) >= 11 is 5.96. The quantitative estimate of drug-likeness (QED) is 0.597. The van der Waals surface area contributed by atoms with Gasteiger partial charge in [0.25, 0.3) is 5.91 Å². The fourth-order valence-corrected chi connectivity index (χ4v) is 2.24. The third-order valence-electron chi connectivity index (χ3n) is 3.37. The van der Waals surface area contributed by atoms with Gasteiger partial charge in [0.2, 0.25) is 0 Å².